The van der Waals surface area contributed by atoms with Crippen molar-refractivity contribution >= 4 is 40.5 Å². The maximum atomic E-state index is 13.5. The van der Waals surface area contributed by atoms with Crippen molar-refractivity contribution in [2.45, 2.75) is 42.4 Å². The summed E-state index contributed by atoms with van der Waals surface area (Å²) in [4.78, 5) is 14.3. The van der Waals surface area contributed by atoms with Crippen molar-refractivity contribution in [1.82, 2.24) is 4.98 Å². The Morgan fingerprint density at radius 2 is 1.96 bits per heavy atom. The molecule has 3 rings (SSSR count). The third-order valence-electron chi connectivity index (χ3n) is 4.80. The van der Waals surface area contributed by atoms with Crippen LogP contribution in [-0.2, 0) is 6.42 Å². The molecule has 1 aromatic carbocycles. The van der Waals surface area contributed by atoms with Crippen LogP contribution in [0.2, 0.25) is 0 Å². The largest absolute Gasteiger partial charge is 0.508 e. The van der Waals surface area contributed by atoms with E-state index in [2.05, 4.69) is 4.98 Å². The highest BCUT2D eigenvalue weighted by molar-refractivity contribution is 7.13. The van der Waals surface area contributed by atoms with Crippen LogP contribution in [0.1, 0.15) is 45.4 Å². The van der Waals surface area contributed by atoms with Crippen LogP contribution in [0.15, 0.2) is 24.3 Å². The minimum absolute atomic E-state index is 0.0566. The van der Waals surface area contributed by atoms with Crippen molar-refractivity contribution in [3.05, 3.63) is 45.7 Å². The zero-order chi connectivity index (χ0) is 18.8. The molecule has 0 aliphatic heterocycles. The predicted molar refractivity (Wildman–Crippen MR) is 100 cm³/mol. The lowest BCUT2D eigenvalue weighted by Crippen LogP contribution is -2.17. The Balaban J connectivity index is 1.66. The monoisotopic (exact) mass is 417 g/mol. The smallest absolute Gasteiger partial charge is 0.350 e. The first-order chi connectivity index (χ1) is 12.4. The molecular weight excluding hydrogens is 400 g/mol. The molecule has 1 aliphatic rings. The molecule has 8 heteroatoms. The number of benzene rings is 1. The Bertz CT molecular complexity index is 783. The molecule has 1 aromatic heterocycles. The first-order valence-corrected chi connectivity index (χ1v) is 10.0. The second kappa shape index (κ2) is 8.11. The van der Waals surface area contributed by atoms with E-state index in [1.165, 1.54) is 0 Å². The van der Waals surface area contributed by atoms with Gasteiger partial charge in [0.2, 0.25) is 5.95 Å². The first-order valence-electron chi connectivity index (χ1n) is 8.32. The summed E-state index contributed by atoms with van der Waals surface area (Å²) in [6.45, 7) is 0. The van der Waals surface area contributed by atoms with E-state index >= 15 is 0 Å². The molecule has 1 saturated carbocycles. The topological polar surface area (TPSA) is 70.4 Å². The summed E-state index contributed by atoms with van der Waals surface area (Å²) in [7, 11) is 0. The quantitative estimate of drug-likeness (QED) is 0.646. The summed E-state index contributed by atoms with van der Waals surface area (Å²) >= 11 is 13.9. The number of nitrogens with zero attached hydrogens (tertiary/aromatic N) is 1. The number of carboxylic acids is 1. The Hall–Kier alpha value is -1.37. The highest BCUT2D eigenvalue weighted by Gasteiger charge is 2.41. The highest BCUT2D eigenvalue weighted by Crippen LogP contribution is 2.47. The van der Waals surface area contributed by atoms with Gasteiger partial charge in [0.1, 0.15) is 5.75 Å². The summed E-state index contributed by atoms with van der Waals surface area (Å²) in [5, 5.41) is 18.7. The number of hydrogen-bond donors (Lipinski definition) is 2. The number of hydrogen-bond acceptors (Lipinski definition) is 4. The molecule has 140 valence electrons. The van der Waals surface area contributed by atoms with E-state index < -0.39 is 11.9 Å². The van der Waals surface area contributed by atoms with Crippen LogP contribution in [0.25, 0.3) is 0 Å². The van der Waals surface area contributed by atoms with Gasteiger partial charge in [0, 0.05) is 16.7 Å². The maximum absolute atomic E-state index is 13.5. The Morgan fingerprint density at radius 1 is 1.27 bits per heavy atom. The van der Waals surface area contributed by atoms with Crippen LogP contribution in [-0.4, -0.2) is 31.9 Å². The Morgan fingerprint density at radius 3 is 2.58 bits per heavy atom. The molecule has 1 aliphatic carbocycles. The molecule has 0 bridgehead atoms. The molecule has 4 unspecified atom stereocenters. The van der Waals surface area contributed by atoms with Crippen LogP contribution in [0.5, 0.6) is 5.75 Å². The van der Waals surface area contributed by atoms with Gasteiger partial charge in [-0.05, 0) is 49.3 Å². The number of thiazole rings is 1. The van der Waals surface area contributed by atoms with Gasteiger partial charge in [0.25, 0.3) is 0 Å². The van der Waals surface area contributed by atoms with E-state index in [1.54, 1.807) is 12.1 Å². The van der Waals surface area contributed by atoms with Crippen LogP contribution in [0.4, 0.5) is 4.39 Å². The third-order valence-corrected chi connectivity index (χ3v) is 6.83. The summed E-state index contributed by atoms with van der Waals surface area (Å²) in [6, 6.07) is 7.02. The highest BCUT2D eigenvalue weighted by atomic mass is 35.5. The lowest BCUT2D eigenvalue weighted by atomic mass is 9.85. The maximum Gasteiger partial charge on any atom is 0.350 e. The molecule has 0 radical (unpaired) electrons. The fourth-order valence-corrected chi connectivity index (χ4v) is 5.53. The fourth-order valence-electron chi connectivity index (χ4n) is 3.61. The molecule has 1 heterocycles. The van der Waals surface area contributed by atoms with Crippen LogP contribution >= 0.6 is 34.5 Å². The second-order valence-corrected chi connectivity index (χ2v) is 8.68. The number of halogens is 3. The van der Waals surface area contributed by atoms with Gasteiger partial charge in [-0.3, -0.25) is 0 Å². The van der Waals surface area contributed by atoms with Gasteiger partial charge < -0.3 is 10.2 Å². The molecule has 2 aromatic rings. The summed E-state index contributed by atoms with van der Waals surface area (Å²) in [5.74, 6) is -1.76. The van der Waals surface area contributed by atoms with Gasteiger partial charge in [-0.25, -0.2) is 9.78 Å². The summed E-state index contributed by atoms with van der Waals surface area (Å²) in [6.07, 6.45) is 2.71. The SMILES string of the molecule is O=C(O)c1sc(CCCC2C(Cl)CC(Cl)C2c2ccc(O)cc2)nc1F. The standard InChI is InChI=1S/C18H18Cl2FNO3S/c19-12-8-13(20)15(9-4-6-10(23)7-5-9)11(12)2-1-3-14-22-17(21)16(26-14)18(24)25/h4-7,11-13,15,23H,1-3,8H2,(H,24,25). The molecule has 1 fully saturated rings. The number of phenols is 1. The number of aromatic nitrogens is 1. The predicted octanol–water partition coefficient (Wildman–Crippen LogP) is 5.03. The first kappa shape index (κ1) is 19.4. The molecule has 0 amide bonds. The Labute approximate surface area is 164 Å². The minimum Gasteiger partial charge on any atom is -0.508 e. The molecule has 4 nitrogen and oxygen atoms in total. The van der Waals surface area contributed by atoms with Gasteiger partial charge in [-0.15, -0.1) is 34.5 Å². The fraction of sp³-hybridized carbons (Fsp3) is 0.444. The Kier molecular flexibility index (Phi) is 6.05. The van der Waals surface area contributed by atoms with E-state index in [-0.39, 0.29) is 33.2 Å². The molecule has 0 spiro atoms. The third kappa shape index (κ3) is 4.13. The number of aromatic hydroxyl groups is 1. The molecule has 0 saturated heterocycles. The van der Waals surface area contributed by atoms with E-state index in [9.17, 15) is 14.3 Å². The number of carbonyl (C=O) groups is 1. The van der Waals surface area contributed by atoms with Crippen LogP contribution < -0.4 is 0 Å². The van der Waals surface area contributed by atoms with Gasteiger partial charge in [0.05, 0.1) is 5.01 Å². The number of alkyl halides is 2. The lowest BCUT2D eigenvalue weighted by molar-refractivity contribution is 0.0697. The normalized spacial score (nSPS) is 25.5. The number of aromatic carboxylic acids is 1. The van der Waals surface area contributed by atoms with E-state index in [4.69, 9.17) is 28.3 Å². The van der Waals surface area contributed by atoms with Crippen molar-refractivity contribution in [3.63, 3.8) is 0 Å². The van der Waals surface area contributed by atoms with Gasteiger partial charge in [0.15, 0.2) is 4.88 Å². The van der Waals surface area contributed by atoms with Gasteiger partial charge in [-0.2, -0.15) is 4.39 Å². The lowest BCUT2D eigenvalue weighted by Gasteiger charge is -2.23. The van der Waals surface area contributed by atoms with E-state index in [0.717, 1.165) is 29.7 Å². The molecule has 26 heavy (non-hydrogen) atoms. The number of aryl methyl sites for hydroxylation is 1. The molecule has 4 atom stereocenters. The number of phenolic OH excluding ortho intramolecular Hbond substituents is 1. The minimum atomic E-state index is -1.29. The zero-order valence-corrected chi connectivity index (χ0v) is 16.1. The summed E-state index contributed by atoms with van der Waals surface area (Å²) in [5.41, 5.74) is 1.05. The van der Waals surface area contributed by atoms with E-state index in [0.29, 0.717) is 17.8 Å². The number of rotatable bonds is 6. The van der Waals surface area contributed by atoms with Crippen molar-refractivity contribution < 1.29 is 19.4 Å². The van der Waals surface area contributed by atoms with Crippen molar-refractivity contribution in [2.24, 2.45) is 5.92 Å². The number of carboxylic acid groups (broad SMARTS) is 1. The second-order valence-electron chi connectivity index (χ2n) is 6.47. The van der Waals surface area contributed by atoms with Crippen LogP contribution in [0.3, 0.4) is 0 Å². The molecule has 2 N–H and O–H groups in total. The average molecular weight is 418 g/mol. The van der Waals surface area contributed by atoms with Crippen molar-refractivity contribution in [3.8, 4) is 5.75 Å². The van der Waals surface area contributed by atoms with Crippen LogP contribution in [0, 0.1) is 11.9 Å². The van der Waals surface area contributed by atoms with Gasteiger partial charge in [-0.1, -0.05) is 12.1 Å². The van der Waals surface area contributed by atoms with Crippen molar-refractivity contribution in [1.29, 1.82) is 0 Å². The summed E-state index contributed by atoms with van der Waals surface area (Å²) < 4.78 is 13.5. The molecular formula is C18H18Cl2FNO3S. The average Bonchev–Trinajstić information content (AvgIpc) is 3.08. The van der Waals surface area contributed by atoms with E-state index in [1.807, 2.05) is 12.1 Å². The van der Waals surface area contributed by atoms with Gasteiger partial charge >= 0.3 is 5.97 Å². The van der Waals surface area contributed by atoms with Crippen molar-refractivity contribution in [2.75, 3.05) is 0 Å². The zero-order valence-electron chi connectivity index (χ0n) is 13.7.